The average Bonchev–Trinajstić information content (AvgIpc) is 3.03. The van der Waals surface area contributed by atoms with Crippen LogP contribution in [0.4, 0.5) is 0 Å². The Balaban J connectivity index is 2.74. The zero-order valence-electron chi connectivity index (χ0n) is 33.3. The minimum atomic E-state index is -1.06. The molecule has 5 N–H and O–H groups in total. The van der Waals surface area contributed by atoms with Crippen molar-refractivity contribution in [1.82, 2.24) is 0 Å². The number of hydrogen-bond donors (Lipinski definition) is 5. The Hall–Kier alpha value is -2.82. The molecule has 0 aliphatic carbocycles. The number of aliphatic hydroxyl groups excluding tert-OH is 5. The van der Waals surface area contributed by atoms with Gasteiger partial charge in [0, 0.05) is 24.8 Å². The molecule has 9 nitrogen and oxygen atoms in total. The highest BCUT2D eigenvalue weighted by atomic mass is 16.5. The van der Waals surface area contributed by atoms with Crippen LogP contribution in [-0.4, -0.2) is 80.2 Å². The maximum Gasteiger partial charge on any atom is 0.331 e. The van der Waals surface area contributed by atoms with Crippen LogP contribution >= 0.6 is 0 Å². The van der Waals surface area contributed by atoms with E-state index in [9.17, 15) is 35.1 Å². The summed E-state index contributed by atoms with van der Waals surface area (Å²) >= 11 is 0. The van der Waals surface area contributed by atoms with Gasteiger partial charge in [0.1, 0.15) is 12.2 Å². The van der Waals surface area contributed by atoms with Gasteiger partial charge in [-0.2, -0.15) is 0 Å². The van der Waals surface area contributed by atoms with Crippen LogP contribution in [0.1, 0.15) is 127 Å². The van der Waals surface area contributed by atoms with Gasteiger partial charge in [0.25, 0.3) is 0 Å². The van der Waals surface area contributed by atoms with E-state index in [2.05, 4.69) is 19.9 Å². The van der Waals surface area contributed by atoms with E-state index >= 15 is 0 Å². The fourth-order valence-corrected chi connectivity index (χ4v) is 6.54. The van der Waals surface area contributed by atoms with Crippen molar-refractivity contribution in [3.05, 3.63) is 70.9 Å². The number of ether oxygens (including phenoxy) is 2. The van der Waals surface area contributed by atoms with Crippen molar-refractivity contribution in [2.45, 2.75) is 169 Å². The summed E-state index contributed by atoms with van der Waals surface area (Å²) in [6.45, 7) is 17.1. The van der Waals surface area contributed by atoms with E-state index in [4.69, 9.17) is 9.47 Å². The number of esters is 2. The van der Waals surface area contributed by atoms with Crippen LogP contribution in [0.5, 0.6) is 0 Å². The van der Waals surface area contributed by atoms with Crippen LogP contribution in [0.15, 0.2) is 70.9 Å². The molecule has 9 heteroatoms. The van der Waals surface area contributed by atoms with Crippen molar-refractivity contribution in [2.75, 3.05) is 0 Å². The lowest BCUT2D eigenvalue weighted by atomic mass is 9.88. The van der Waals surface area contributed by atoms with E-state index < -0.39 is 36.5 Å². The highest BCUT2D eigenvalue weighted by molar-refractivity contribution is 5.82. The van der Waals surface area contributed by atoms with Crippen LogP contribution in [0, 0.1) is 17.8 Å². The van der Waals surface area contributed by atoms with Crippen molar-refractivity contribution in [2.24, 2.45) is 17.8 Å². The minimum Gasteiger partial charge on any atom is -0.462 e. The van der Waals surface area contributed by atoms with E-state index in [1.54, 1.807) is 26.0 Å². The molecule has 296 valence electrons. The molecule has 0 bridgehead atoms. The van der Waals surface area contributed by atoms with E-state index in [-0.39, 0.29) is 48.8 Å². The first-order valence-corrected chi connectivity index (χ1v) is 19.2. The van der Waals surface area contributed by atoms with Gasteiger partial charge in [-0.25, -0.2) is 4.79 Å². The summed E-state index contributed by atoms with van der Waals surface area (Å²) < 4.78 is 11.9. The molecular weight excluding hydrogens is 660 g/mol. The van der Waals surface area contributed by atoms with Gasteiger partial charge in [-0.05, 0) is 98.3 Å². The van der Waals surface area contributed by atoms with E-state index in [1.807, 2.05) is 58.9 Å². The third kappa shape index (κ3) is 21.0. The second kappa shape index (κ2) is 25.2. The lowest BCUT2D eigenvalue weighted by Gasteiger charge is -2.28. The van der Waals surface area contributed by atoms with Gasteiger partial charge in [-0.3, -0.25) is 4.79 Å². The molecule has 1 fully saturated rings. The Labute approximate surface area is 313 Å². The van der Waals surface area contributed by atoms with Crippen LogP contribution in [0.2, 0.25) is 0 Å². The Kier molecular flexibility index (Phi) is 22.9. The van der Waals surface area contributed by atoms with Crippen LogP contribution < -0.4 is 0 Å². The van der Waals surface area contributed by atoms with Gasteiger partial charge in [-0.1, -0.05) is 92.0 Å². The molecule has 0 aromatic carbocycles. The Bertz CT molecular complexity index is 1250. The fourth-order valence-electron chi connectivity index (χ4n) is 6.54. The third-order valence-electron chi connectivity index (χ3n) is 9.53. The molecule has 10 atom stereocenters. The number of hydrogen-bond acceptors (Lipinski definition) is 9. The van der Waals surface area contributed by atoms with Gasteiger partial charge < -0.3 is 35.0 Å². The first kappa shape index (κ1) is 47.2. The number of carbonyl (C=O) groups is 2. The quantitative estimate of drug-likeness (QED) is 0.0447. The standard InChI is InChI=1S/C43H70O9/c1-28(14-12-15-29(2)25-38(47)39(48)27-36(9)45)22-30(3)20-21-43(50)51-40-18-13-19-42(49)52-41(17-11-10-16-32(40)5)34(7)24-31(4)23-33(6)37(46)26-35(8)44/h12,14-15,20-23,25,32-41,44-48H,10-11,13,16-19,24,26-27H2,1-9H3. The van der Waals surface area contributed by atoms with Gasteiger partial charge in [-0.15, -0.1) is 0 Å². The Morgan fingerprint density at radius 3 is 2.10 bits per heavy atom. The molecule has 0 spiro atoms. The molecular formula is C43H70O9. The van der Waals surface area contributed by atoms with Crippen molar-refractivity contribution >= 4 is 11.9 Å². The lowest BCUT2D eigenvalue weighted by Crippen LogP contribution is -2.28. The van der Waals surface area contributed by atoms with Gasteiger partial charge in [0.2, 0.25) is 0 Å². The Morgan fingerprint density at radius 2 is 1.44 bits per heavy atom. The molecule has 0 radical (unpaired) electrons. The first-order valence-electron chi connectivity index (χ1n) is 19.2. The van der Waals surface area contributed by atoms with Gasteiger partial charge in [0.15, 0.2) is 0 Å². The van der Waals surface area contributed by atoms with Crippen LogP contribution in [0.3, 0.4) is 0 Å². The molecule has 52 heavy (non-hydrogen) atoms. The monoisotopic (exact) mass is 731 g/mol. The SMILES string of the molecule is CC(=CC=CC(C)=CC(O)C(O)CC(C)O)C=C(C)C=CC(=O)OC1CCCC(=O)OC(C(C)CC(C)=CC(C)C(O)CC(C)O)CCCCC1C. The molecule has 1 aliphatic heterocycles. The average molecular weight is 731 g/mol. The minimum absolute atomic E-state index is 0.0774. The van der Waals surface area contributed by atoms with Crippen LogP contribution in [-0.2, 0) is 19.1 Å². The summed E-state index contributed by atoms with van der Waals surface area (Å²) in [6, 6.07) is 0. The molecule has 0 aromatic rings. The zero-order chi connectivity index (χ0) is 39.4. The predicted octanol–water partition coefficient (Wildman–Crippen LogP) is 7.37. The number of rotatable bonds is 17. The summed E-state index contributed by atoms with van der Waals surface area (Å²) in [7, 11) is 0. The smallest absolute Gasteiger partial charge is 0.331 e. The topological polar surface area (TPSA) is 154 Å². The van der Waals surface area contributed by atoms with Crippen molar-refractivity contribution < 1.29 is 44.6 Å². The first-order chi connectivity index (χ1) is 24.4. The molecule has 1 aliphatic rings. The molecule has 1 heterocycles. The maximum absolute atomic E-state index is 12.9. The largest absolute Gasteiger partial charge is 0.462 e. The molecule has 0 saturated carbocycles. The third-order valence-corrected chi connectivity index (χ3v) is 9.53. The van der Waals surface area contributed by atoms with Crippen molar-refractivity contribution in [3.63, 3.8) is 0 Å². The summed E-state index contributed by atoms with van der Waals surface area (Å²) in [5, 5.41) is 49.4. The molecule has 1 rings (SSSR count). The summed E-state index contributed by atoms with van der Waals surface area (Å²) in [6.07, 6.45) is 15.9. The summed E-state index contributed by atoms with van der Waals surface area (Å²) in [5.74, 6) is -0.442. The van der Waals surface area contributed by atoms with Gasteiger partial charge >= 0.3 is 11.9 Å². The molecule has 1 saturated heterocycles. The van der Waals surface area contributed by atoms with Gasteiger partial charge in [0.05, 0.1) is 30.5 Å². The predicted molar refractivity (Wildman–Crippen MR) is 208 cm³/mol. The lowest BCUT2D eigenvalue weighted by molar-refractivity contribution is -0.152. The molecule has 10 unspecified atom stereocenters. The second-order valence-corrected chi connectivity index (χ2v) is 15.4. The molecule has 0 aromatic heterocycles. The summed E-state index contributed by atoms with van der Waals surface area (Å²) in [5.41, 5.74) is 3.73. The number of aliphatic hydroxyl groups is 5. The second-order valence-electron chi connectivity index (χ2n) is 15.4. The number of cyclic esters (lactones) is 1. The fraction of sp³-hybridized carbons (Fsp3) is 0.674. The van der Waals surface area contributed by atoms with E-state index in [0.717, 1.165) is 54.4 Å². The van der Waals surface area contributed by atoms with E-state index in [1.165, 1.54) is 6.08 Å². The normalized spacial score (nSPS) is 25.0. The van der Waals surface area contributed by atoms with Crippen LogP contribution in [0.25, 0.3) is 0 Å². The molecule has 0 amide bonds. The van der Waals surface area contributed by atoms with Crippen molar-refractivity contribution in [3.8, 4) is 0 Å². The van der Waals surface area contributed by atoms with Crippen molar-refractivity contribution in [1.29, 1.82) is 0 Å². The number of carbonyl (C=O) groups excluding carboxylic acids is 2. The highest BCUT2D eigenvalue weighted by Gasteiger charge is 2.26. The number of allylic oxidation sites excluding steroid dienone is 9. The Morgan fingerprint density at radius 1 is 0.808 bits per heavy atom. The maximum atomic E-state index is 12.9. The highest BCUT2D eigenvalue weighted by Crippen LogP contribution is 2.28. The zero-order valence-corrected chi connectivity index (χ0v) is 33.3. The summed E-state index contributed by atoms with van der Waals surface area (Å²) in [4.78, 5) is 25.7. The van der Waals surface area contributed by atoms with E-state index in [0.29, 0.717) is 19.3 Å².